The van der Waals surface area contributed by atoms with Gasteiger partial charge in [-0.15, -0.1) is 0 Å². The van der Waals surface area contributed by atoms with Crippen LogP contribution in [-0.4, -0.2) is 58.0 Å². The molecule has 3 N–H and O–H groups in total. The van der Waals surface area contributed by atoms with Crippen molar-refractivity contribution in [2.45, 2.75) is 43.3 Å². The highest BCUT2D eigenvalue weighted by molar-refractivity contribution is 7.95. The van der Waals surface area contributed by atoms with Gasteiger partial charge in [-0.2, -0.15) is 0 Å². The van der Waals surface area contributed by atoms with Crippen LogP contribution >= 0.6 is 12.0 Å². The number of carbonyl (C=O) groups excluding carboxylic acids is 1. The number of carbonyl (C=O) groups is 1. The number of aliphatic hydroxyl groups is 3. The molecule has 2 saturated heterocycles. The molecule has 194 valence electrons. The zero-order valence-electron chi connectivity index (χ0n) is 19.9. The lowest BCUT2D eigenvalue weighted by Gasteiger charge is -2.40. The fourth-order valence-corrected chi connectivity index (χ4v) is 5.37. The normalized spacial score (nSPS) is 25.6. The average Bonchev–Trinajstić information content (AvgIpc) is 2.91. The summed E-state index contributed by atoms with van der Waals surface area (Å²) in [6.45, 7) is -0.353. The van der Waals surface area contributed by atoms with Crippen molar-refractivity contribution in [3.8, 4) is 16.9 Å². The van der Waals surface area contributed by atoms with Gasteiger partial charge < -0.3 is 29.1 Å². The Bertz CT molecular complexity index is 1210. The van der Waals surface area contributed by atoms with Crippen molar-refractivity contribution in [2.24, 2.45) is 0 Å². The van der Waals surface area contributed by atoms with Crippen LogP contribution < -0.4 is 9.08 Å². The van der Waals surface area contributed by atoms with Gasteiger partial charge in [0.25, 0.3) is 0 Å². The number of β-lactam (4-membered cyclic amide) rings is 1. The number of hydrogen-bond acceptors (Lipinski definition) is 7. The Hall–Kier alpha value is -2.95. The summed E-state index contributed by atoms with van der Waals surface area (Å²) in [5.74, 6) is 0.805. The first-order valence-corrected chi connectivity index (χ1v) is 13.0. The molecule has 5 rings (SSSR count). The van der Waals surface area contributed by atoms with Crippen LogP contribution in [-0.2, 0) is 9.53 Å². The standard InChI is InChI=1S/C28H28FNO6S/c29-20-7-9-21(10-8-20)30-24(14-27(30)33)19-3-1-17(2-4-19)18-5-11-22(12-6-18)36-37-16-23-13-25(32)28(34)26(15-31)35-23/h1-12,23-26,28,31-32,34H,13-16H2/t23?,24?,25?,26?,28-/m0/s1. The van der Waals surface area contributed by atoms with E-state index in [0.717, 1.165) is 16.7 Å². The summed E-state index contributed by atoms with van der Waals surface area (Å²) >= 11 is 1.19. The maximum Gasteiger partial charge on any atom is 0.230 e. The van der Waals surface area contributed by atoms with E-state index < -0.39 is 18.3 Å². The first-order chi connectivity index (χ1) is 17.9. The van der Waals surface area contributed by atoms with E-state index in [-0.39, 0.29) is 36.9 Å². The Morgan fingerprint density at radius 1 is 0.973 bits per heavy atom. The number of halogens is 1. The number of ether oxygens (including phenoxy) is 1. The molecule has 0 bridgehead atoms. The van der Waals surface area contributed by atoms with Gasteiger partial charge in [-0.1, -0.05) is 36.4 Å². The molecule has 9 heteroatoms. The van der Waals surface area contributed by atoms with Gasteiger partial charge in [-0.3, -0.25) is 4.79 Å². The van der Waals surface area contributed by atoms with E-state index in [0.29, 0.717) is 23.6 Å². The van der Waals surface area contributed by atoms with Crippen molar-refractivity contribution in [1.29, 1.82) is 0 Å². The summed E-state index contributed by atoms with van der Waals surface area (Å²) in [5.41, 5.74) is 3.76. The van der Waals surface area contributed by atoms with E-state index in [4.69, 9.17) is 8.92 Å². The predicted octanol–water partition coefficient (Wildman–Crippen LogP) is 3.87. The lowest BCUT2D eigenvalue weighted by molar-refractivity contribution is -0.173. The average molecular weight is 526 g/mol. The van der Waals surface area contributed by atoms with Crippen molar-refractivity contribution < 1.29 is 33.4 Å². The largest absolute Gasteiger partial charge is 0.426 e. The maximum absolute atomic E-state index is 13.3. The second-order valence-electron chi connectivity index (χ2n) is 9.25. The first kappa shape index (κ1) is 25.7. The van der Waals surface area contributed by atoms with Crippen molar-refractivity contribution >= 4 is 23.6 Å². The van der Waals surface area contributed by atoms with Crippen LogP contribution in [0.4, 0.5) is 10.1 Å². The van der Waals surface area contributed by atoms with Crippen LogP contribution in [0.1, 0.15) is 24.4 Å². The van der Waals surface area contributed by atoms with E-state index in [1.807, 2.05) is 48.5 Å². The molecule has 0 aromatic heterocycles. The molecule has 2 aliphatic heterocycles. The minimum absolute atomic E-state index is 0.0196. The second kappa shape index (κ2) is 11.2. The third-order valence-corrected chi connectivity index (χ3v) is 7.59. The number of aliphatic hydroxyl groups excluding tert-OH is 3. The third-order valence-electron chi connectivity index (χ3n) is 6.77. The number of anilines is 1. The maximum atomic E-state index is 13.3. The Morgan fingerprint density at radius 2 is 1.62 bits per heavy atom. The number of hydrogen-bond donors (Lipinski definition) is 3. The second-order valence-corrected chi connectivity index (χ2v) is 9.98. The van der Waals surface area contributed by atoms with Gasteiger partial charge in [0, 0.05) is 12.1 Å². The number of rotatable bonds is 8. The van der Waals surface area contributed by atoms with Gasteiger partial charge >= 0.3 is 0 Å². The molecule has 0 spiro atoms. The quantitative estimate of drug-likeness (QED) is 0.303. The van der Waals surface area contributed by atoms with Gasteiger partial charge in [0.15, 0.2) is 0 Å². The predicted molar refractivity (Wildman–Crippen MR) is 139 cm³/mol. The van der Waals surface area contributed by atoms with Crippen LogP contribution in [0.15, 0.2) is 72.8 Å². The van der Waals surface area contributed by atoms with Gasteiger partial charge in [0.05, 0.1) is 49.1 Å². The lowest BCUT2D eigenvalue weighted by Crippen LogP contribution is -2.50. The lowest BCUT2D eigenvalue weighted by atomic mass is 9.91. The Kier molecular flexibility index (Phi) is 7.78. The van der Waals surface area contributed by atoms with E-state index in [1.165, 1.54) is 24.2 Å². The van der Waals surface area contributed by atoms with E-state index in [2.05, 4.69) is 0 Å². The molecule has 7 nitrogen and oxygen atoms in total. The monoisotopic (exact) mass is 525 g/mol. The van der Waals surface area contributed by atoms with E-state index in [9.17, 15) is 24.5 Å². The highest BCUT2D eigenvalue weighted by Crippen LogP contribution is 2.39. The zero-order chi connectivity index (χ0) is 25.9. The smallest absolute Gasteiger partial charge is 0.230 e. The van der Waals surface area contributed by atoms with E-state index >= 15 is 0 Å². The number of benzene rings is 3. The van der Waals surface area contributed by atoms with Crippen LogP contribution in [0.5, 0.6) is 5.75 Å². The first-order valence-electron chi connectivity index (χ1n) is 12.1. The molecule has 5 atom stereocenters. The molecular weight excluding hydrogens is 497 g/mol. The fraction of sp³-hybridized carbons (Fsp3) is 0.321. The SMILES string of the molecule is O=C1CC(c2ccc(-c3ccc(OSCC4CC(O)[C@H](O)C(CO)O4)cc3)cc2)N1c1ccc(F)cc1. The molecule has 2 aliphatic rings. The molecule has 1 amide bonds. The van der Waals surface area contributed by atoms with Crippen molar-refractivity contribution in [3.05, 3.63) is 84.2 Å². The molecule has 0 radical (unpaired) electrons. The highest BCUT2D eigenvalue weighted by Gasteiger charge is 2.38. The molecule has 0 aliphatic carbocycles. The van der Waals surface area contributed by atoms with Gasteiger partial charge in [0.1, 0.15) is 23.8 Å². The molecule has 0 saturated carbocycles. The molecule has 3 aromatic rings. The van der Waals surface area contributed by atoms with Gasteiger partial charge in [-0.05, 0) is 53.1 Å². The van der Waals surface area contributed by atoms with Crippen molar-refractivity contribution in [2.75, 3.05) is 17.3 Å². The Morgan fingerprint density at radius 3 is 2.24 bits per heavy atom. The molecule has 3 aromatic carbocycles. The molecular formula is C28H28FNO6S. The summed E-state index contributed by atoms with van der Waals surface area (Å²) in [5, 5.41) is 29.0. The summed E-state index contributed by atoms with van der Waals surface area (Å²) in [4.78, 5) is 13.9. The molecule has 4 unspecified atom stereocenters. The van der Waals surface area contributed by atoms with Crippen LogP contribution in [0.2, 0.25) is 0 Å². The van der Waals surface area contributed by atoms with Crippen molar-refractivity contribution in [1.82, 2.24) is 0 Å². The fourth-order valence-electron chi connectivity index (χ4n) is 4.69. The summed E-state index contributed by atoms with van der Waals surface area (Å²) in [6.07, 6.45) is -2.44. The zero-order valence-corrected chi connectivity index (χ0v) is 20.8. The summed E-state index contributed by atoms with van der Waals surface area (Å²) in [6, 6.07) is 21.6. The minimum Gasteiger partial charge on any atom is -0.426 e. The molecule has 37 heavy (non-hydrogen) atoms. The Balaban J connectivity index is 1.16. The van der Waals surface area contributed by atoms with E-state index in [1.54, 1.807) is 17.0 Å². The summed E-state index contributed by atoms with van der Waals surface area (Å²) in [7, 11) is 0. The highest BCUT2D eigenvalue weighted by atomic mass is 32.2. The Labute approximate surface area is 218 Å². The molecule has 2 heterocycles. The van der Waals surface area contributed by atoms with Gasteiger partial charge in [-0.25, -0.2) is 4.39 Å². The van der Waals surface area contributed by atoms with Crippen LogP contribution in [0.25, 0.3) is 11.1 Å². The third kappa shape index (κ3) is 5.66. The summed E-state index contributed by atoms with van der Waals surface area (Å²) < 4.78 is 24.6. The topological polar surface area (TPSA) is 99.5 Å². The van der Waals surface area contributed by atoms with Gasteiger partial charge in [0.2, 0.25) is 5.91 Å². The van der Waals surface area contributed by atoms with Crippen LogP contribution in [0.3, 0.4) is 0 Å². The minimum atomic E-state index is -1.08. The number of nitrogens with zero attached hydrogens (tertiary/aromatic N) is 1. The van der Waals surface area contributed by atoms with Crippen LogP contribution in [0, 0.1) is 5.82 Å². The molecule has 2 fully saturated rings. The number of amides is 1. The van der Waals surface area contributed by atoms with Crippen molar-refractivity contribution in [3.63, 3.8) is 0 Å².